The van der Waals surface area contributed by atoms with Crippen LogP contribution in [0, 0.1) is 5.92 Å². The average molecular weight is 189 g/mol. The Kier molecular flexibility index (Phi) is 2.60. The zero-order chi connectivity index (χ0) is 10.1. The van der Waals surface area contributed by atoms with Gasteiger partial charge in [0.15, 0.2) is 0 Å². The van der Waals surface area contributed by atoms with Gasteiger partial charge < -0.3 is 5.73 Å². The number of hydrogen-bond donors (Lipinski definition) is 1. The van der Waals surface area contributed by atoms with Crippen molar-refractivity contribution in [2.75, 3.05) is 0 Å². The molecular weight excluding hydrogens is 170 g/mol. The lowest BCUT2D eigenvalue weighted by molar-refractivity contribution is 0.620. The summed E-state index contributed by atoms with van der Waals surface area (Å²) in [5.74, 6) is 1.32. The quantitative estimate of drug-likeness (QED) is 0.776. The summed E-state index contributed by atoms with van der Waals surface area (Å²) in [6, 6.07) is 8.89. The highest BCUT2D eigenvalue weighted by Crippen LogP contribution is 2.41. The molecule has 1 unspecified atom stereocenters. The third kappa shape index (κ3) is 1.83. The summed E-state index contributed by atoms with van der Waals surface area (Å²) in [6.45, 7) is 4.47. The second-order valence-electron chi connectivity index (χ2n) is 4.65. The van der Waals surface area contributed by atoms with Crippen LogP contribution in [0.25, 0.3) is 0 Å². The molecule has 0 bridgehead atoms. The Morgan fingerprint density at radius 1 is 1.14 bits per heavy atom. The molecular formula is C13H19N. The topological polar surface area (TPSA) is 26.0 Å². The SMILES string of the molecule is CC(C)c1ccccc1C(N)C1CC1. The van der Waals surface area contributed by atoms with Crippen molar-refractivity contribution in [3.63, 3.8) is 0 Å². The summed E-state index contributed by atoms with van der Waals surface area (Å²) < 4.78 is 0. The Morgan fingerprint density at radius 3 is 2.21 bits per heavy atom. The van der Waals surface area contributed by atoms with Crippen LogP contribution in [-0.4, -0.2) is 0 Å². The highest BCUT2D eigenvalue weighted by atomic mass is 14.7. The van der Waals surface area contributed by atoms with Crippen LogP contribution in [0.15, 0.2) is 24.3 Å². The van der Waals surface area contributed by atoms with Crippen LogP contribution in [0.4, 0.5) is 0 Å². The van der Waals surface area contributed by atoms with Gasteiger partial charge in [0.25, 0.3) is 0 Å². The molecule has 0 aromatic heterocycles. The molecule has 76 valence electrons. The summed E-state index contributed by atoms with van der Waals surface area (Å²) in [5.41, 5.74) is 9.03. The van der Waals surface area contributed by atoms with Crippen molar-refractivity contribution < 1.29 is 0 Å². The van der Waals surface area contributed by atoms with Gasteiger partial charge in [-0.3, -0.25) is 0 Å². The maximum absolute atomic E-state index is 6.24. The van der Waals surface area contributed by atoms with Crippen LogP contribution in [-0.2, 0) is 0 Å². The van der Waals surface area contributed by atoms with E-state index in [4.69, 9.17) is 5.73 Å². The molecule has 1 aromatic carbocycles. The lowest BCUT2D eigenvalue weighted by Crippen LogP contribution is -2.15. The maximum atomic E-state index is 6.24. The van der Waals surface area contributed by atoms with E-state index in [2.05, 4.69) is 38.1 Å². The Balaban J connectivity index is 2.30. The Hall–Kier alpha value is -0.820. The number of nitrogens with two attached hydrogens (primary N) is 1. The number of hydrogen-bond acceptors (Lipinski definition) is 1. The van der Waals surface area contributed by atoms with Crippen molar-refractivity contribution in [2.45, 2.75) is 38.6 Å². The highest BCUT2D eigenvalue weighted by Gasteiger charge is 2.30. The third-order valence-electron chi connectivity index (χ3n) is 3.11. The van der Waals surface area contributed by atoms with Crippen LogP contribution >= 0.6 is 0 Å². The number of benzene rings is 1. The minimum absolute atomic E-state index is 0.272. The third-order valence-corrected chi connectivity index (χ3v) is 3.11. The second-order valence-corrected chi connectivity index (χ2v) is 4.65. The van der Waals surface area contributed by atoms with Gasteiger partial charge in [0.2, 0.25) is 0 Å². The van der Waals surface area contributed by atoms with Crippen molar-refractivity contribution in [1.82, 2.24) is 0 Å². The van der Waals surface area contributed by atoms with Crippen molar-refractivity contribution in [2.24, 2.45) is 11.7 Å². The standard InChI is InChI=1S/C13H19N/c1-9(2)11-5-3-4-6-12(11)13(14)10-7-8-10/h3-6,9-10,13H,7-8,14H2,1-2H3. The fourth-order valence-corrected chi connectivity index (χ4v) is 2.05. The monoisotopic (exact) mass is 189 g/mol. The van der Waals surface area contributed by atoms with Gasteiger partial charge in [-0.15, -0.1) is 0 Å². The van der Waals surface area contributed by atoms with Crippen molar-refractivity contribution >= 4 is 0 Å². The van der Waals surface area contributed by atoms with E-state index in [9.17, 15) is 0 Å². The van der Waals surface area contributed by atoms with Gasteiger partial charge in [-0.2, -0.15) is 0 Å². The Morgan fingerprint density at radius 2 is 1.71 bits per heavy atom. The zero-order valence-electron chi connectivity index (χ0n) is 9.03. The zero-order valence-corrected chi connectivity index (χ0v) is 9.03. The maximum Gasteiger partial charge on any atom is 0.0326 e. The molecule has 0 amide bonds. The van der Waals surface area contributed by atoms with Crippen molar-refractivity contribution in [3.05, 3.63) is 35.4 Å². The molecule has 1 fully saturated rings. The molecule has 0 heterocycles. The molecule has 0 spiro atoms. The van der Waals surface area contributed by atoms with E-state index in [1.54, 1.807) is 0 Å². The molecule has 1 aliphatic rings. The first-order chi connectivity index (χ1) is 6.70. The minimum Gasteiger partial charge on any atom is -0.324 e. The lowest BCUT2D eigenvalue weighted by Gasteiger charge is -2.18. The molecule has 1 atom stereocenters. The van der Waals surface area contributed by atoms with Crippen LogP contribution in [0.1, 0.15) is 49.8 Å². The molecule has 2 N–H and O–H groups in total. The molecule has 2 rings (SSSR count). The summed E-state index contributed by atoms with van der Waals surface area (Å²) in [6.07, 6.45) is 2.63. The fourth-order valence-electron chi connectivity index (χ4n) is 2.05. The fraction of sp³-hybridized carbons (Fsp3) is 0.538. The van der Waals surface area contributed by atoms with Crippen LogP contribution in [0.5, 0.6) is 0 Å². The Labute approximate surface area is 86.3 Å². The molecule has 0 saturated heterocycles. The van der Waals surface area contributed by atoms with Gasteiger partial charge >= 0.3 is 0 Å². The number of rotatable bonds is 3. The van der Waals surface area contributed by atoms with Gasteiger partial charge in [0.05, 0.1) is 0 Å². The largest absolute Gasteiger partial charge is 0.324 e. The van der Waals surface area contributed by atoms with E-state index in [1.165, 1.54) is 24.0 Å². The molecule has 0 radical (unpaired) electrons. The van der Waals surface area contributed by atoms with Gasteiger partial charge in [0.1, 0.15) is 0 Å². The van der Waals surface area contributed by atoms with E-state index in [1.807, 2.05) is 0 Å². The first kappa shape index (κ1) is 9.72. The Bertz CT molecular complexity index is 313. The highest BCUT2D eigenvalue weighted by molar-refractivity contribution is 5.33. The molecule has 1 saturated carbocycles. The summed E-state index contributed by atoms with van der Waals surface area (Å²) in [4.78, 5) is 0. The normalized spacial score (nSPS) is 18.6. The van der Waals surface area contributed by atoms with E-state index in [-0.39, 0.29) is 6.04 Å². The van der Waals surface area contributed by atoms with E-state index < -0.39 is 0 Å². The summed E-state index contributed by atoms with van der Waals surface area (Å²) in [5, 5.41) is 0. The van der Waals surface area contributed by atoms with Crippen LogP contribution in [0.2, 0.25) is 0 Å². The first-order valence-electron chi connectivity index (χ1n) is 5.54. The smallest absolute Gasteiger partial charge is 0.0326 e. The van der Waals surface area contributed by atoms with Gasteiger partial charge in [0, 0.05) is 6.04 Å². The minimum atomic E-state index is 0.272. The molecule has 1 nitrogen and oxygen atoms in total. The molecule has 1 aliphatic carbocycles. The molecule has 0 aliphatic heterocycles. The second kappa shape index (κ2) is 3.74. The lowest BCUT2D eigenvalue weighted by atomic mass is 9.91. The van der Waals surface area contributed by atoms with E-state index in [0.717, 1.165) is 5.92 Å². The van der Waals surface area contributed by atoms with Crippen molar-refractivity contribution in [3.8, 4) is 0 Å². The van der Waals surface area contributed by atoms with Gasteiger partial charge in [-0.1, -0.05) is 38.1 Å². The van der Waals surface area contributed by atoms with Crippen LogP contribution < -0.4 is 5.73 Å². The van der Waals surface area contributed by atoms with E-state index >= 15 is 0 Å². The molecule has 14 heavy (non-hydrogen) atoms. The molecule has 1 aromatic rings. The average Bonchev–Trinajstić information content (AvgIpc) is 3.00. The van der Waals surface area contributed by atoms with Gasteiger partial charge in [-0.05, 0) is 35.8 Å². The predicted octanol–water partition coefficient (Wildman–Crippen LogP) is 3.22. The van der Waals surface area contributed by atoms with Crippen molar-refractivity contribution in [1.29, 1.82) is 0 Å². The van der Waals surface area contributed by atoms with Gasteiger partial charge in [-0.25, -0.2) is 0 Å². The summed E-state index contributed by atoms with van der Waals surface area (Å²) in [7, 11) is 0. The first-order valence-corrected chi connectivity index (χ1v) is 5.54. The molecule has 1 heteroatoms. The van der Waals surface area contributed by atoms with E-state index in [0.29, 0.717) is 5.92 Å². The predicted molar refractivity (Wildman–Crippen MR) is 60.2 cm³/mol. The van der Waals surface area contributed by atoms with Crippen LogP contribution in [0.3, 0.4) is 0 Å². The summed E-state index contributed by atoms with van der Waals surface area (Å²) >= 11 is 0.